The van der Waals surface area contributed by atoms with Crippen LogP contribution < -0.4 is 5.32 Å². The second-order valence-electron chi connectivity index (χ2n) is 7.32. The van der Waals surface area contributed by atoms with E-state index in [1.165, 1.54) is 7.11 Å². The first-order valence-corrected chi connectivity index (χ1v) is 9.91. The van der Waals surface area contributed by atoms with Crippen LogP contribution in [0, 0.1) is 0 Å². The van der Waals surface area contributed by atoms with Crippen LogP contribution in [-0.2, 0) is 31.2 Å². The number of carbonyl (C=O) groups excluding carboxylic acids is 2. The van der Waals surface area contributed by atoms with E-state index < -0.39 is 11.7 Å². The van der Waals surface area contributed by atoms with E-state index in [1.807, 2.05) is 10.8 Å². The number of nitrogens with one attached hydrogen (secondary N) is 1. The van der Waals surface area contributed by atoms with E-state index in [1.54, 1.807) is 35.4 Å². The fourth-order valence-corrected chi connectivity index (χ4v) is 4.19. The summed E-state index contributed by atoms with van der Waals surface area (Å²) in [6.45, 7) is 1.50. The molecule has 0 unspecified atom stereocenters. The lowest BCUT2D eigenvalue weighted by atomic mass is 9.88. The number of hydrogen-bond donors (Lipinski definition) is 1. The second kappa shape index (κ2) is 8.14. The van der Waals surface area contributed by atoms with Gasteiger partial charge in [0.15, 0.2) is 6.10 Å². The molecule has 0 bridgehead atoms. The quantitative estimate of drug-likeness (QED) is 0.821. The number of carbonyl (C=O) groups is 2. The van der Waals surface area contributed by atoms with Crippen molar-refractivity contribution < 1.29 is 19.1 Å². The van der Waals surface area contributed by atoms with Gasteiger partial charge in [-0.15, -0.1) is 0 Å². The third kappa shape index (κ3) is 4.01. The van der Waals surface area contributed by atoms with Crippen molar-refractivity contribution in [1.29, 1.82) is 0 Å². The van der Waals surface area contributed by atoms with Crippen molar-refractivity contribution >= 4 is 29.1 Å². The number of hydrogen-bond acceptors (Lipinski definition) is 5. The lowest BCUT2D eigenvalue weighted by molar-refractivity contribution is -0.173. The first kappa shape index (κ1) is 19.9. The van der Waals surface area contributed by atoms with Gasteiger partial charge in [0.05, 0.1) is 6.54 Å². The summed E-state index contributed by atoms with van der Waals surface area (Å²) in [5.41, 5.74) is -0.0707. The van der Waals surface area contributed by atoms with E-state index in [4.69, 9.17) is 21.1 Å². The van der Waals surface area contributed by atoms with Gasteiger partial charge in [0.25, 0.3) is 5.91 Å². The number of aromatic nitrogens is 2. The van der Waals surface area contributed by atoms with E-state index in [0.717, 1.165) is 5.82 Å². The van der Waals surface area contributed by atoms with Crippen molar-refractivity contribution in [1.82, 2.24) is 14.5 Å². The van der Waals surface area contributed by atoms with Gasteiger partial charge in [0, 0.05) is 56.1 Å². The van der Waals surface area contributed by atoms with Gasteiger partial charge in [-0.25, -0.2) is 4.98 Å². The number of rotatable bonds is 4. The highest BCUT2D eigenvalue weighted by atomic mass is 35.5. The van der Waals surface area contributed by atoms with E-state index in [0.29, 0.717) is 43.2 Å². The minimum absolute atomic E-state index is 0.0447. The van der Waals surface area contributed by atoms with E-state index in [9.17, 15) is 9.59 Å². The minimum atomic E-state index is -0.693. The molecule has 1 saturated heterocycles. The van der Waals surface area contributed by atoms with Crippen molar-refractivity contribution in [2.24, 2.45) is 0 Å². The summed E-state index contributed by atoms with van der Waals surface area (Å²) in [7, 11) is 1.51. The normalized spacial score (nSPS) is 20.3. The summed E-state index contributed by atoms with van der Waals surface area (Å²) in [4.78, 5) is 31.3. The number of methoxy groups -OCH3 is 1. The summed E-state index contributed by atoms with van der Waals surface area (Å²) in [5.74, 6) is 0.531. The molecule has 1 spiro atoms. The van der Waals surface area contributed by atoms with Crippen molar-refractivity contribution in [3.05, 3.63) is 47.5 Å². The molecule has 0 aliphatic carbocycles. The molecular formula is C20H23ClN4O4. The highest BCUT2D eigenvalue weighted by molar-refractivity contribution is 6.30. The first-order chi connectivity index (χ1) is 14.0. The molecule has 2 aromatic rings. The number of halogens is 1. The fourth-order valence-electron chi connectivity index (χ4n) is 4.00. The molecule has 3 heterocycles. The van der Waals surface area contributed by atoms with E-state index in [2.05, 4.69) is 10.3 Å². The first-order valence-electron chi connectivity index (χ1n) is 9.53. The van der Waals surface area contributed by atoms with Crippen molar-refractivity contribution in [2.45, 2.75) is 31.1 Å². The Morgan fingerprint density at radius 3 is 2.90 bits per heavy atom. The zero-order chi connectivity index (χ0) is 20.4. The van der Waals surface area contributed by atoms with Crippen LogP contribution >= 0.6 is 11.6 Å². The van der Waals surface area contributed by atoms with Crippen LogP contribution in [0.4, 0.5) is 5.69 Å². The molecule has 29 heavy (non-hydrogen) atoms. The average Bonchev–Trinajstić information content (AvgIpc) is 3.18. The Kier molecular flexibility index (Phi) is 5.58. The molecule has 9 heteroatoms. The van der Waals surface area contributed by atoms with Gasteiger partial charge in [-0.1, -0.05) is 17.7 Å². The highest BCUT2D eigenvalue weighted by Gasteiger charge is 2.47. The summed E-state index contributed by atoms with van der Waals surface area (Å²) >= 11 is 6.01. The Labute approximate surface area is 173 Å². The lowest BCUT2D eigenvalue weighted by Gasteiger charge is -2.45. The van der Waals surface area contributed by atoms with Crippen LogP contribution in [0.25, 0.3) is 0 Å². The van der Waals surface area contributed by atoms with Crippen LogP contribution in [0.1, 0.15) is 18.7 Å². The average molecular weight is 419 g/mol. The Morgan fingerprint density at radius 2 is 2.17 bits per heavy atom. The standard InChI is InChI=1S/C20H23ClN4O4/c1-28-13-17(26)24-8-5-20(6-9-24)19-22-7-10-25(19)12-16(29-20)18(27)23-15-4-2-3-14(21)11-15/h2-4,7,10-11,16H,5-6,8-9,12-13H2,1H3,(H,23,27)/t16-/m0/s1. The Balaban J connectivity index is 1.51. The molecule has 2 amide bonds. The second-order valence-corrected chi connectivity index (χ2v) is 7.75. The van der Waals surface area contributed by atoms with Gasteiger partial charge in [0.2, 0.25) is 5.91 Å². The molecule has 1 N–H and O–H groups in total. The topological polar surface area (TPSA) is 85.7 Å². The maximum atomic E-state index is 12.9. The smallest absolute Gasteiger partial charge is 0.255 e. The number of ether oxygens (including phenoxy) is 2. The molecule has 0 radical (unpaired) electrons. The van der Waals surface area contributed by atoms with Gasteiger partial charge >= 0.3 is 0 Å². The fraction of sp³-hybridized carbons (Fsp3) is 0.450. The van der Waals surface area contributed by atoms with Crippen molar-refractivity contribution in [3.63, 3.8) is 0 Å². The number of amides is 2. The molecule has 1 atom stereocenters. The maximum Gasteiger partial charge on any atom is 0.255 e. The third-order valence-corrected chi connectivity index (χ3v) is 5.66. The van der Waals surface area contributed by atoms with Crippen LogP contribution in [0.2, 0.25) is 5.02 Å². The largest absolute Gasteiger partial charge is 0.375 e. The predicted molar refractivity (Wildman–Crippen MR) is 107 cm³/mol. The highest BCUT2D eigenvalue weighted by Crippen LogP contribution is 2.40. The summed E-state index contributed by atoms with van der Waals surface area (Å²) in [6, 6.07) is 7.01. The number of fused-ring (bicyclic) bond motifs is 2. The Bertz CT molecular complexity index is 907. The molecule has 154 valence electrons. The third-order valence-electron chi connectivity index (χ3n) is 5.43. The van der Waals surface area contributed by atoms with Crippen molar-refractivity contribution in [3.8, 4) is 0 Å². The SMILES string of the molecule is COCC(=O)N1CCC2(CC1)O[C@H](C(=O)Nc1cccc(Cl)c1)Cn1ccnc12. The lowest BCUT2D eigenvalue weighted by Crippen LogP contribution is -2.54. The molecule has 1 aromatic carbocycles. The minimum Gasteiger partial charge on any atom is -0.375 e. The number of likely N-dealkylation sites (tertiary alicyclic amines) is 1. The van der Waals surface area contributed by atoms with Crippen LogP contribution in [0.3, 0.4) is 0 Å². The summed E-state index contributed by atoms with van der Waals surface area (Å²) in [5, 5.41) is 3.43. The molecule has 4 rings (SSSR count). The van der Waals surface area contributed by atoms with Gasteiger partial charge in [-0.3, -0.25) is 9.59 Å². The van der Waals surface area contributed by atoms with Crippen LogP contribution in [0.15, 0.2) is 36.7 Å². The summed E-state index contributed by atoms with van der Waals surface area (Å²) < 4.78 is 13.3. The van der Waals surface area contributed by atoms with E-state index in [-0.39, 0.29) is 18.4 Å². The van der Waals surface area contributed by atoms with Crippen LogP contribution in [0.5, 0.6) is 0 Å². The van der Waals surface area contributed by atoms with Gasteiger partial charge in [-0.2, -0.15) is 0 Å². The number of anilines is 1. The monoisotopic (exact) mass is 418 g/mol. The van der Waals surface area contributed by atoms with E-state index >= 15 is 0 Å². The molecule has 0 saturated carbocycles. The summed E-state index contributed by atoms with van der Waals surface area (Å²) in [6.07, 6.45) is 4.06. The van der Waals surface area contributed by atoms with Gasteiger partial charge in [0.1, 0.15) is 18.0 Å². The zero-order valence-corrected chi connectivity index (χ0v) is 16.9. The zero-order valence-electron chi connectivity index (χ0n) is 16.1. The molecule has 1 fully saturated rings. The Morgan fingerprint density at radius 1 is 1.38 bits per heavy atom. The maximum absolute atomic E-state index is 12.9. The molecule has 2 aliphatic rings. The van der Waals surface area contributed by atoms with Gasteiger partial charge in [-0.05, 0) is 18.2 Å². The van der Waals surface area contributed by atoms with Gasteiger partial charge < -0.3 is 24.3 Å². The number of nitrogens with zero attached hydrogens (tertiary/aromatic N) is 3. The Hall–Kier alpha value is -2.42. The predicted octanol–water partition coefficient (Wildman–Crippen LogP) is 2.04. The van der Waals surface area contributed by atoms with Crippen LogP contribution in [-0.4, -0.2) is 59.2 Å². The molecule has 1 aromatic heterocycles. The number of imidazole rings is 1. The van der Waals surface area contributed by atoms with Crippen molar-refractivity contribution in [2.75, 3.05) is 32.1 Å². The molecular weight excluding hydrogens is 396 g/mol. The number of piperidine rings is 1. The number of benzene rings is 1. The molecule has 8 nitrogen and oxygen atoms in total. The molecule has 2 aliphatic heterocycles.